The summed E-state index contributed by atoms with van der Waals surface area (Å²) in [5.41, 5.74) is 4.94. The van der Waals surface area contributed by atoms with Crippen molar-refractivity contribution in [3.05, 3.63) is 0 Å². The van der Waals surface area contributed by atoms with E-state index in [-0.39, 0.29) is 13.2 Å². The van der Waals surface area contributed by atoms with E-state index in [0.717, 1.165) is 0 Å². The third-order valence-electron chi connectivity index (χ3n) is 1.58. The number of rotatable bonds is 7. The predicted octanol–water partition coefficient (Wildman–Crippen LogP) is 1.57. The summed E-state index contributed by atoms with van der Waals surface area (Å²) in [5, 5.41) is 0. The number of alkyl halides is 3. The monoisotopic (exact) mass is 229 g/mol. The van der Waals surface area contributed by atoms with Crippen LogP contribution in [0.5, 0.6) is 0 Å². The zero-order valence-electron chi connectivity index (χ0n) is 9.01. The molecule has 0 heterocycles. The second-order valence-corrected chi connectivity index (χ2v) is 3.61. The van der Waals surface area contributed by atoms with Gasteiger partial charge in [0.25, 0.3) is 0 Å². The fourth-order valence-electron chi connectivity index (χ4n) is 0.864. The Morgan fingerprint density at radius 3 is 2.20 bits per heavy atom. The zero-order chi connectivity index (χ0) is 11.9. The van der Waals surface area contributed by atoms with Gasteiger partial charge in [-0.25, -0.2) is 0 Å². The Balaban J connectivity index is 3.56. The number of hydrogen-bond acceptors (Lipinski definition) is 3. The summed E-state index contributed by atoms with van der Waals surface area (Å²) in [6.07, 6.45) is -6.28. The van der Waals surface area contributed by atoms with E-state index in [4.69, 9.17) is 10.5 Å². The first kappa shape index (κ1) is 14.7. The maximum atomic E-state index is 12.1. The third kappa shape index (κ3) is 7.58. The van der Waals surface area contributed by atoms with E-state index in [1.807, 2.05) is 13.8 Å². The molecule has 0 radical (unpaired) electrons. The summed E-state index contributed by atoms with van der Waals surface area (Å²) in [6.45, 7) is 3.94. The van der Waals surface area contributed by atoms with Crippen LogP contribution in [0.2, 0.25) is 0 Å². The standard InChI is InChI=1S/C9H18F3NO2/c1-7(2)6-14-3-4-15-8(5-13)9(10,11)12/h7-8H,3-6,13H2,1-2H3. The van der Waals surface area contributed by atoms with Gasteiger partial charge in [-0.2, -0.15) is 13.2 Å². The lowest BCUT2D eigenvalue weighted by Gasteiger charge is -2.19. The fourth-order valence-corrected chi connectivity index (χ4v) is 0.864. The molecule has 92 valence electrons. The number of ether oxygens (including phenoxy) is 2. The van der Waals surface area contributed by atoms with Crippen molar-refractivity contribution >= 4 is 0 Å². The second-order valence-electron chi connectivity index (χ2n) is 3.61. The van der Waals surface area contributed by atoms with Gasteiger partial charge in [0, 0.05) is 13.2 Å². The van der Waals surface area contributed by atoms with Crippen LogP contribution in [-0.4, -0.2) is 38.6 Å². The highest BCUT2D eigenvalue weighted by molar-refractivity contribution is 4.67. The van der Waals surface area contributed by atoms with Gasteiger partial charge < -0.3 is 15.2 Å². The van der Waals surface area contributed by atoms with E-state index in [9.17, 15) is 13.2 Å². The quantitative estimate of drug-likeness (QED) is 0.674. The molecule has 0 fully saturated rings. The molecule has 0 aromatic carbocycles. The molecule has 2 N–H and O–H groups in total. The van der Waals surface area contributed by atoms with Crippen LogP contribution in [0.15, 0.2) is 0 Å². The SMILES string of the molecule is CC(C)COCCOC(CN)C(F)(F)F. The lowest BCUT2D eigenvalue weighted by Crippen LogP contribution is -2.39. The van der Waals surface area contributed by atoms with E-state index in [2.05, 4.69) is 4.74 Å². The zero-order valence-corrected chi connectivity index (χ0v) is 9.01. The van der Waals surface area contributed by atoms with Gasteiger partial charge in [-0.1, -0.05) is 13.8 Å². The van der Waals surface area contributed by atoms with E-state index in [1.54, 1.807) is 0 Å². The van der Waals surface area contributed by atoms with Crippen molar-refractivity contribution in [1.82, 2.24) is 0 Å². The second kappa shape index (κ2) is 7.03. The Kier molecular flexibility index (Phi) is 6.87. The summed E-state index contributed by atoms with van der Waals surface area (Å²) in [4.78, 5) is 0. The molecular weight excluding hydrogens is 211 g/mol. The molecule has 3 nitrogen and oxygen atoms in total. The van der Waals surface area contributed by atoms with Gasteiger partial charge in [0.1, 0.15) is 0 Å². The summed E-state index contributed by atoms with van der Waals surface area (Å²) >= 11 is 0. The van der Waals surface area contributed by atoms with Crippen LogP contribution in [-0.2, 0) is 9.47 Å². The van der Waals surface area contributed by atoms with Gasteiger partial charge in [-0.15, -0.1) is 0 Å². The average molecular weight is 229 g/mol. The minimum absolute atomic E-state index is 0.0892. The smallest absolute Gasteiger partial charge is 0.379 e. The molecule has 0 aliphatic heterocycles. The van der Waals surface area contributed by atoms with Crippen molar-refractivity contribution in [2.45, 2.75) is 26.1 Å². The van der Waals surface area contributed by atoms with Crippen LogP contribution in [0.3, 0.4) is 0 Å². The molecule has 0 aromatic rings. The molecule has 0 aliphatic rings. The third-order valence-corrected chi connectivity index (χ3v) is 1.58. The molecule has 15 heavy (non-hydrogen) atoms. The van der Waals surface area contributed by atoms with Gasteiger partial charge >= 0.3 is 6.18 Å². The summed E-state index contributed by atoms with van der Waals surface area (Å²) in [5.74, 6) is 0.359. The maximum absolute atomic E-state index is 12.1. The molecule has 1 unspecified atom stereocenters. The number of nitrogens with two attached hydrogens (primary N) is 1. The van der Waals surface area contributed by atoms with Crippen molar-refractivity contribution in [3.8, 4) is 0 Å². The molecule has 1 atom stereocenters. The lowest BCUT2D eigenvalue weighted by atomic mass is 10.2. The molecular formula is C9H18F3NO2. The first-order chi connectivity index (χ1) is 6.88. The summed E-state index contributed by atoms with van der Waals surface area (Å²) in [6, 6.07) is 0. The van der Waals surface area contributed by atoms with Crippen LogP contribution in [0.4, 0.5) is 13.2 Å². The van der Waals surface area contributed by atoms with E-state index in [1.165, 1.54) is 0 Å². The van der Waals surface area contributed by atoms with E-state index < -0.39 is 18.8 Å². The lowest BCUT2D eigenvalue weighted by molar-refractivity contribution is -0.219. The Morgan fingerprint density at radius 1 is 1.20 bits per heavy atom. The molecule has 0 spiro atoms. The van der Waals surface area contributed by atoms with Gasteiger partial charge in [0.15, 0.2) is 6.10 Å². The average Bonchev–Trinajstić information content (AvgIpc) is 2.08. The number of halogens is 3. The Bertz CT molecular complexity index is 162. The van der Waals surface area contributed by atoms with Crippen molar-refractivity contribution in [3.63, 3.8) is 0 Å². The summed E-state index contributed by atoms with van der Waals surface area (Å²) in [7, 11) is 0. The summed E-state index contributed by atoms with van der Waals surface area (Å²) < 4.78 is 46.0. The Hall–Kier alpha value is -0.330. The predicted molar refractivity (Wildman–Crippen MR) is 50.5 cm³/mol. The topological polar surface area (TPSA) is 44.5 Å². The number of hydrogen-bond donors (Lipinski definition) is 1. The molecule has 0 amide bonds. The van der Waals surface area contributed by atoms with Gasteiger partial charge in [-0.3, -0.25) is 0 Å². The normalized spacial score (nSPS) is 14.6. The molecule has 0 aromatic heterocycles. The first-order valence-electron chi connectivity index (χ1n) is 4.84. The van der Waals surface area contributed by atoms with Crippen molar-refractivity contribution in [2.24, 2.45) is 11.7 Å². The van der Waals surface area contributed by atoms with Crippen LogP contribution < -0.4 is 5.73 Å². The molecule has 0 aliphatic carbocycles. The highest BCUT2D eigenvalue weighted by Crippen LogP contribution is 2.21. The maximum Gasteiger partial charge on any atom is 0.415 e. The minimum Gasteiger partial charge on any atom is -0.379 e. The van der Waals surface area contributed by atoms with Crippen molar-refractivity contribution in [2.75, 3.05) is 26.4 Å². The first-order valence-corrected chi connectivity index (χ1v) is 4.84. The van der Waals surface area contributed by atoms with Crippen molar-refractivity contribution in [1.29, 1.82) is 0 Å². The molecule has 0 bridgehead atoms. The van der Waals surface area contributed by atoms with E-state index >= 15 is 0 Å². The minimum atomic E-state index is -4.40. The van der Waals surface area contributed by atoms with Crippen LogP contribution in [0.25, 0.3) is 0 Å². The molecule has 0 saturated carbocycles. The van der Waals surface area contributed by atoms with Crippen LogP contribution >= 0.6 is 0 Å². The largest absolute Gasteiger partial charge is 0.415 e. The fraction of sp³-hybridized carbons (Fsp3) is 1.00. The van der Waals surface area contributed by atoms with Crippen LogP contribution in [0.1, 0.15) is 13.8 Å². The van der Waals surface area contributed by atoms with Crippen molar-refractivity contribution < 1.29 is 22.6 Å². The van der Waals surface area contributed by atoms with Gasteiger partial charge in [0.05, 0.1) is 13.2 Å². The van der Waals surface area contributed by atoms with Crippen LogP contribution in [0, 0.1) is 5.92 Å². The highest BCUT2D eigenvalue weighted by atomic mass is 19.4. The van der Waals surface area contributed by atoms with E-state index in [0.29, 0.717) is 12.5 Å². The van der Waals surface area contributed by atoms with Gasteiger partial charge in [0.2, 0.25) is 0 Å². The van der Waals surface area contributed by atoms with Gasteiger partial charge in [-0.05, 0) is 5.92 Å². The Labute approximate surface area is 87.7 Å². The molecule has 0 saturated heterocycles. The highest BCUT2D eigenvalue weighted by Gasteiger charge is 2.39. The molecule has 0 rings (SSSR count). The molecule has 6 heteroatoms. The Morgan fingerprint density at radius 2 is 1.80 bits per heavy atom.